The summed E-state index contributed by atoms with van der Waals surface area (Å²) in [6.45, 7) is 8.23. The standard InChI is InChI=1S/C18H24N4O3S/c1-6-22-16(12-7-8-12)20-21-18(22)26-11(4)15(23)14-9(2)13(10(3)19-14)17(24)25-5/h11-12,19H,6-8H2,1-5H3/t11-/m1/s1. The first-order valence-corrected chi connectivity index (χ1v) is 9.68. The van der Waals surface area contributed by atoms with E-state index in [1.807, 2.05) is 6.92 Å². The summed E-state index contributed by atoms with van der Waals surface area (Å²) < 4.78 is 6.91. The number of ketones is 1. The number of carbonyl (C=O) groups excluding carboxylic acids is 2. The SMILES string of the molecule is CCn1c(S[C@H](C)C(=O)c2[nH]c(C)c(C(=O)OC)c2C)nnc1C1CC1. The maximum atomic E-state index is 12.9. The molecule has 3 rings (SSSR count). The average Bonchev–Trinajstić information content (AvgIpc) is 3.32. The second-order valence-electron chi connectivity index (χ2n) is 6.60. The minimum absolute atomic E-state index is 0.0654. The number of hydrogen-bond donors (Lipinski definition) is 1. The van der Waals surface area contributed by atoms with Crippen molar-refractivity contribution in [2.24, 2.45) is 0 Å². The Bertz CT molecular complexity index is 851. The number of carbonyl (C=O) groups is 2. The van der Waals surface area contributed by atoms with Gasteiger partial charge in [-0.25, -0.2) is 4.79 Å². The van der Waals surface area contributed by atoms with E-state index >= 15 is 0 Å². The van der Waals surface area contributed by atoms with Gasteiger partial charge in [-0.1, -0.05) is 11.8 Å². The van der Waals surface area contributed by atoms with E-state index in [-0.39, 0.29) is 11.0 Å². The third kappa shape index (κ3) is 3.30. The van der Waals surface area contributed by atoms with Crippen molar-refractivity contribution in [3.05, 3.63) is 28.3 Å². The predicted molar refractivity (Wildman–Crippen MR) is 98.9 cm³/mol. The highest BCUT2D eigenvalue weighted by molar-refractivity contribution is 8.00. The highest BCUT2D eigenvalue weighted by Gasteiger charge is 2.31. The van der Waals surface area contributed by atoms with E-state index in [9.17, 15) is 9.59 Å². The maximum absolute atomic E-state index is 12.9. The van der Waals surface area contributed by atoms with Crippen LogP contribution in [0.2, 0.25) is 0 Å². The lowest BCUT2D eigenvalue weighted by molar-refractivity contribution is 0.0599. The van der Waals surface area contributed by atoms with Gasteiger partial charge in [-0.3, -0.25) is 4.79 Å². The molecule has 2 aromatic rings. The van der Waals surface area contributed by atoms with Crippen LogP contribution in [0.15, 0.2) is 5.16 Å². The number of Topliss-reactive ketones (excluding diaryl/α,β-unsaturated/α-hetero) is 1. The molecule has 1 aliphatic rings. The number of esters is 1. The van der Waals surface area contributed by atoms with Crippen LogP contribution in [0.25, 0.3) is 0 Å². The van der Waals surface area contributed by atoms with E-state index in [1.165, 1.54) is 18.9 Å². The topological polar surface area (TPSA) is 89.9 Å². The number of methoxy groups -OCH3 is 1. The number of ether oxygens (including phenoxy) is 1. The molecule has 2 heterocycles. The van der Waals surface area contributed by atoms with Crippen molar-refractivity contribution in [2.75, 3.05) is 7.11 Å². The number of nitrogens with one attached hydrogen (secondary N) is 1. The Morgan fingerprint density at radius 1 is 1.35 bits per heavy atom. The summed E-state index contributed by atoms with van der Waals surface area (Å²) in [5, 5.41) is 9.03. The van der Waals surface area contributed by atoms with Crippen molar-refractivity contribution in [2.45, 2.75) is 63.4 Å². The van der Waals surface area contributed by atoms with E-state index in [0.717, 1.165) is 30.4 Å². The van der Waals surface area contributed by atoms with Crippen LogP contribution in [0.3, 0.4) is 0 Å². The van der Waals surface area contributed by atoms with Gasteiger partial charge >= 0.3 is 5.97 Å². The largest absolute Gasteiger partial charge is 0.465 e. The molecule has 0 bridgehead atoms. The zero-order chi connectivity index (χ0) is 19.0. The van der Waals surface area contributed by atoms with Gasteiger partial charge in [0.15, 0.2) is 10.9 Å². The van der Waals surface area contributed by atoms with Gasteiger partial charge < -0.3 is 14.3 Å². The Morgan fingerprint density at radius 3 is 2.62 bits per heavy atom. The number of H-pyrrole nitrogens is 1. The van der Waals surface area contributed by atoms with Gasteiger partial charge in [-0.2, -0.15) is 0 Å². The molecule has 0 unspecified atom stereocenters. The molecule has 0 spiro atoms. The fourth-order valence-electron chi connectivity index (χ4n) is 3.15. The van der Waals surface area contributed by atoms with Crippen molar-refractivity contribution in [3.8, 4) is 0 Å². The molecular weight excluding hydrogens is 352 g/mol. The molecule has 1 saturated carbocycles. The summed E-state index contributed by atoms with van der Waals surface area (Å²) in [4.78, 5) is 27.9. The number of aryl methyl sites for hydroxylation is 1. The summed E-state index contributed by atoms with van der Waals surface area (Å²) >= 11 is 1.41. The second-order valence-corrected chi connectivity index (χ2v) is 7.91. The van der Waals surface area contributed by atoms with E-state index in [2.05, 4.69) is 26.7 Å². The van der Waals surface area contributed by atoms with Gasteiger partial charge in [-0.15, -0.1) is 10.2 Å². The van der Waals surface area contributed by atoms with E-state index < -0.39 is 5.97 Å². The molecule has 0 amide bonds. The zero-order valence-corrected chi connectivity index (χ0v) is 16.6. The van der Waals surface area contributed by atoms with Crippen molar-refractivity contribution in [1.29, 1.82) is 0 Å². The normalized spacial score (nSPS) is 15.1. The van der Waals surface area contributed by atoms with Gasteiger partial charge in [0.25, 0.3) is 0 Å². The molecule has 2 aromatic heterocycles. The highest BCUT2D eigenvalue weighted by atomic mass is 32.2. The molecule has 140 valence electrons. The van der Waals surface area contributed by atoms with Crippen LogP contribution in [0.4, 0.5) is 0 Å². The lowest BCUT2D eigenvalue weighted by Gasteiger charge is -2.11. The van der Waals surface area contributed by atoms with Gasteiger partial charge in [0.1, 0.15) is 5.82 Å². The van der Waals surface area contributed by atoms with E-state index in [4.69, 9.17) is 4.74 Å². The molecule has 0 aliphatic heterocycles. The average molecular weight is 376 g/mol. The van der Waals surface area contributed by atoms with Crippen molar-refractivity contribution in [3.63, 3.8) is 0 Å². The summed E-state index contributed by atoms with van der Waals surface area (Å²) in [6.07, 6.45) is 2.32. The molecular formula is C18H24N4O3S. The van der Waals surface area contributed by atoms with Crippen LogP contribution in [-0.2, 0) is 11.3 Å². The van der Waals surface area contributed by atoms with Crippen LogP contribution in [0.1, 0.15) is 70.5 Å². The summed E-state index contributed by atoms with van der Waals surface area (Å²) in [7, 11) is 1.34. The van der Waals surface area contributed by atoms with Gasteiger partial charge in [-0.05, 0) is 46.1 Å². The number of aromatic nitrogens is 4. The minimum Gasteiger partial charge on any atom is -0.465 e. The Kier molecular flexibility index (Phi) is 5.22. The Morgan fingerprint density at radius 2 is 2.04 bits per heavy atom. The molecule has 0 saturated heterocycles. The van der Waals surface area contributed by atoms with Gasteiger partial charge in [0, 0.05) is 18.2 Å². The fraction of sp³-hybridized carbons (Fsp3) is 0.556. The van der Waals surface area contributed by atoms with Gasteiger partial charge in [0.05, 0.1) is 23.6 Å². The number of nitrogens with zero attached hydrogens (tertiary/aromatic N) is 3. The second kappa shape index (κ2) is 7.26. The quantitative estimate of drug-likeness (QED) is 0.453. The fourth-order valence-corrected chi connectivity index (χ4v) is 4.13. The Hall–Kier alpha value is -2.09. The molecule has 8 heteroatoms. The number of hydrogen-bond acceptors (Lipinski definition) is 6. The van der Waals surface area contributed by atoms with Crippen LogP contribution in [0.5, 0.6) is 0 Å². The third-order valence-electron chi connectivity index (χ3n) is 4.73. The molecule has 1 atom stereocenters. The van der Waals surface area contributed by atoms with E-state index in [1.54, 1.807) is 13.8 Å². The monoisotopic (exact) mass is 376 g/mol. The van der Waals surface area contributed by atoms with Gasteiger partial charge in [0.2, 0.25) is 0 Å². The number of thioether (sulfide) groups is 1. The third-order valence-corrected chi connectivity index (χ3v) is 5.81. The van der Waals surface area contributed by atoms with Crippen LogP contribution >= 0.6 is 11.8 Å². The minimum atomic E-state index is -0.435. The molecule has 26 heavy (non-hydrogen) atoms. The predicted octanol–water partition coefficient (Wildman–Crippen LogP) is 3.27. The van der Waals surface area contributed by atoms with Crippen LogP contribution in [0, 0.1) is 13.8 Å². The van der Waals surface area contributed by atoms with E-state index in [0.29, 0.717) is 28.4 Å². The zero-order valence-electron chi connectivity index (χ0n) is 15.8. The lowest BCUT2D eigenvalue weighted by atomic mass is 10.1. The number of aromatic amines is 1. The smallest absolute Gasteiger partial charge is 0.339 e. The van der Waals surface area contributed by atoms with Crippen LogP contribution in [-0.4, -0.2) is 43.9 Å². The molecule has 0 aromatic carbocycles. The van der Waals surface area contributed by atoms with Crippen molar-refractivity contribution < 1.29 is 14.3 Å². The molecule has 1 fully saturated rings. The van der Waals surface area contributed by atoms with Crippen LogP contribution < -0.4 is 0 Å². The molecule has 1 N–H and O–H groups in total. The molecule has 1 aliphatic carbocycles. The highest BCUT2D eigenvalue weighted by Crippen LogP contribution is 2.40. The van der Waals surface area contributed by atoms with Crippen molar-refractivity contribution in [1.82, 2.24) is 19.7 Å². The lowest BCUT2D eigenvalue weighted by Crippen LogP contribution is -2.16. The summed E-state index contributed by atoms with van der Waals surface area (Å²) in [5.41, 5.74) is 2.15. The maximum Gasteiger partial charge on any atom is 0.339 e. The van der Waals surface area contributed by atoms with Crippen molar-refractivity contribution >= 4 is 23.5 Å². The Balaban J connectivity index is 1.82. The molecule has 7 nitrogen and oxygen atoms in total. The first-order chi connectivity index (χ1) is 12.4. The number of rotatable bonds is 7. The first-order valence-electron chi connectivity index (χ1n) is 8.80. The Labute approximate surface area is 156 Å². The summed E-state index contributed by atoms with van der Waals surface area (Å²) in [5.74, 6) is 1.04. The first kappa shape index (κ1) is 18.7. The molecule has 0 radical (unpaired) electrons. The summed E-state index contributed by atoms with van der Waals surface area (Å²) in [6, 6.07) is 0.